The number of hydrogen-bond acceptors (Lipinski definition) is 4. The Balaban J connectivity index is 1.63. The van der Waals surface area contributed by atoms with Gasteiger partial charge >= 0.3 is 6.03 Å². The molecular weight excluding hydrogens is 260 g/mol. The number of carbonyl (C=O) groups excluding carboxylic acids is 2. The van der Waals surface area contributed by atoms with Crippen molar-refractivity contribution in [1.29, 1.82) is 0 Å². The molecule has 1 aliphatic carbocycles. The van der Waals surface area contributed by atoms with Gasteiger partial charge in [0.25, 0.3) is 0 Å². The molecule has 0 unspecified atom stereocenters. The Morgan fingerprint density at radius 1 is 1.45 bits per heavy atom. The Kier molecular flexibility index (Phi) is 3.33. The number of nitrogens with zero attached hydrogens (tertiary/aromatic N) is 2. The lowest BCUT2D eigenvalue weighted by atomic mass is 9.85. The van der Waals surface area contributed by atoms with E-state index in [1.165, 1.54) is 6.42 Å². The lowest BCUT2D eigenvalue weighted by molar-refractivity contribution is -0.131. The zero-order chi connectivity index (χ0) is 14.1. The number of urea groups is 1. The third-order valence-corrected chi connectivity index (χ3v) is 3.97. The van der Waals surface area contributed by atoms with Gasteiger partial charge in [0.1, 0.15) is 11.5 Å². The topological polar surface area (TPSA) is 101 Å². The third-order valence-electron chi connectivity index (χ3n) is 3.97. The fourth-order valence-electron chi connectivity index (χ4n) is 2.54. The predicted octanol–water partition coefficient (Wildman–Crippen LogP) is 0.495. The molecule has 108 valence electrons. The number of primary amides is 1. The number of amides is 3. The van der Waals surface area contributed by atoms with Crippen LogP contribution in [0.15, 0.2) is 4.42 Å². The maximum atomic E-state index is 11.9. The van der Waals surface area contributed by atoms with Crippen molar-refractivity contribution in [2.24, 2.45) is 5.73 Å². The summed E-state index contributed by atoms with van der Waals surface area (Å²) < 4.78 is 5.80. The fourth-order valence-corrected chi connectivity index (χ4v) is 2.54. The molecular formula is C13H18N4O3. The molecule has 2 heterocycles. The van der Waals surface area contributed by atoms with Crippen molar-refractivity contribution >= 4 is 11.9 Å². The van der Waals surface area contributed by atoms with Crippen LogP contribution in [0.5, 0.6) is 0 Å². The molecule has 0 atom stereocenters. The summed E-state index contributed by atoms with van der Waals surface area (Å²) >= 11 is 0. The van der Waals surface area contributed by atoms with Crippen LogP contribution in [0.4, 0.5) is 4.79 Å². The molecule has 0 saturated heterocycles. The fraction of sp³-hybridized carbons (Fsp3) is 0.615. The Morgan fingerprint density at radius 2 is 2.25 bits per heavy atom. The molecule has 1 aromatic heterocycles. The molecule has 7 heteroatoms. The highest BCUT2D eigenvalue weighted by Crippen LogP contribution is 2.37. The van der Waals surface area contributed by atoms with Gasteiger partial charge in [0, 0.05) is 18.9 Å². The molecule has 3 amide bonds. The average molecular weight is 278 g/mol. The van der Waals surface area contributed by atoms with Gasteiger partial charge in [-0.3, -0.25) is 4.79 Å². The Morgan fingerprint density at radius 3 is 2.90 bits per heavy atom. The van der Waals surface area contributed by atoms with Gasteiger partial charge in [0.05, 0.1) is 13.1 Å². The quantitative estimate of drug-likeness (QED) is 0.840. The van der Waals surface area contributed by atoms with Gasteiger partial charge in [0.15, 0.2) is 5.89 Å². The van der Waals surface area contributed by atoms with Gasteiger partial charge in [-0.25, -0.2) is 9.78 Å². The lowest BCUT2D eigenvalue weighted by Crippen LogP contribution is -2.43. The maximum Gasteiger partial charge on any atom is 0.312 e. The summed E-state index contributed by atoms with van der Waals surface area (Å²) in [4.78, 5) is 28.7. The largest absolute Gasteiger partial charge is 0.445 e. The van der Waals surface area contributed by atoms with Crippen molar-refractivity contribution in [1.82, 2.24) is 15.2 Å². The van der Waals surface area contributed by atoms with E-state index >= 15 is 0 Å². The summed E-state index contributed by atoms with van der Waals surface area (Å²) in [6, 6.07) is -0.690. The van der Waals surface area contributed by atoms with E-state index < -0.39 is 6.03 Å². The highest BCUT2D eigenvalue weighted by Gasteiger charge is 2.30. The number of oxazole rings is 1. The first-order chi connectivity index (χ1) is 9.63. The van der Waals surface area contributed by atoms with E-state index in [0.717, 1.165) is 30.2 Å². The monoisotopic (exact) mass is 278 g/mol. The van der Waals surface area contributed by atoms with Crippen LogP contribution in [0.3, 0.4) is 0 Å². The summed E-state index contributed by atoms with van der Waals surface area (Å²) in [5.74, 6) is 2.04. The minimum atomic E-state index is -0.690. The second kappa shape index (κ2) is 5.15. The molecule has 2 aliphatic rings. The summed E-state index contributed by atoms with van der Waals surface area (Å²) in [5, 5.41) is 2.31. The molecule has 7 nitrogen and oxygen atoms in total. The van der Waals surface area contributed by atoms with E-state index in [-0.39, 0.29) is 12.5 Å². The zero-order valence-corrected chi connectivity index (χ0v) is 11.2. The number of nitrogens with one attached hydrogen (secondary N) is 1. The van der Waals surface area contributed by atoms with Crippen LogP contribution in [-0.4, -0.2) is 34.9 Å². The van der Waals surface area contributed by atoms with Gasteiger partial charge in [-0.15, -0.1) is 0 Å². The van der Waals surface area contributed by atoms with Crippen molar-refractivity contribution in [3.8, 4) is 0 Å². The summed E-state index contributed by atoms with van der Waals surface area (Å²) in [6.45, 7) is 0.967. The summed E-state index contributed by atoms with van der Waals surface area (Å²) in [7, 11) is 0. The molecule has 3 N–H and O–H groups in total. The first kappa shape index (κ1) is 13.0. The van der Waals surface area contributed by atoms with Gasteiger partial charge in [0.2, 0.25) is 5.91 Å². The SMILES string of the molecule is NC(=O)NCC(=O)N1CCc2oc(C3CCC3)nc2C1. The van der Waals surface area contributed by atoms with Gasteiger partial charge in [-0.05, 0) is 12.8 Å². The molecule has 1 aromatic rings. The highest BCUT2D eigenvalue weighted by atomic mass is 16.4. The van der Waals surface area contributed by atoms with Crippen LogP contribution in [0, 0.1) is 0 Å². The first-order valence-corrected chi connectivity index (χ1v) is 6.93. The summed E-state index contributed by atoms with van der Waals surface area (Å²) in [6.07, 6.45) is 4.20. The minimum absolute atomic E-state index is 0.0714. The number of fused-ring (bicyclic) bond motifs is 1. The van der Waals surface area contributed by atoms with E-state index in [1.807, 2.05) is 0 Å². The highest BCUT2D eigenvalue weighted by molar-refractivity contribution is 5.83. The number of nitrogens with two attached hydrogens (primary N) is 1. The Bertz CT molecular complexity index is 536. The normalized spacial score (nSPS) is 18.3. The molecule has 20 heavy (non-hydrogen) atoms. The van der Waals surface area contributed by atoms with Crippen molar-refractivity contribution in [2.75, 3.05) is 13.1 Å². The smallest absolute Gasteiger partial charge is 0.312 e. The molecule has 0 radical (unpaired) electrons. The predicted molar refractivity (Wildman–Crippen MR) is 69.8 cm³/mol. The maximum absolute atomic E-state index is 11.9. The first-order valence-electron chi connectivity index (χ1n) is 6.93. The molecule has 1 fully saturated rings. The van der Waals surface area contributed by atoms with Crippen molar-refractivity contribution in [2.45, 2.75) is 38.1 Å². The Labute approximate surface area is 116 Å². The van der Waals surface area contributed by atoms with E-state index in [2.05, 4.69) is 10.3 Å². The van der Waals surface area contributed by atoms with Crippen molar-refractivity contribution < 1.29 is 14.0 Å². The lowest BCUT2D eigenvalue weighted by Gasteiger charge is -2.25. The van der Waals surface area contributed by atoms with Crippen LogP contribution < -0.4 is 11.1 Å². The number of rotatable bonds is 3. The van der Waals surface area contributed by atoms with Crippen LogP contribution in [0.2, 0.25) is 0 Å². The molecule has 3 rings (SSSR count). The molecule has 0 bridgehead atoms. The van der Waals surface area contributed by atoms with Crippen LogP contribution in [0.1, 0.15) is 42.5 Å². The molecule has 0 spiro atoms. The second-order valence-corrected chi connectivity index (χ2v) is 5.33. The second-order valence-electron chi connectivity index (χ2n) is 5.33. The number of hydrogen-bond donors (Lipinski definition) is 2. The van der Waals surface area contributed by atoms with Gasteiger partial charge < -0.3 is 20.4 Å². The summed E-state index contributed by atoms with van der Waals surface area (Å²) in [5.41, 5.74) is 5.81. The zero-order valence-electron chi connectivity index (χ0n) is 11.2. The molecule has 1 aliphatic heterocycles. The van der Waals surface area contributed by atoms with Crippen molar-refractivity contribution in [3.05, 3.63) is 17.3 Å². The molecule has 1 saturated carbocycles. The van der Waals surface area contributed by atoms with Crippen LogP contribution >= 0.6 is 0 Å². The number of aromatic nitrogens is 1. The van der Waals surface area contributed by atoms with Gasteiger partial charge in [-0.2, -0.15) is 0 Å². The number of carbonyl (C=O) groups is 2. The average Bonchev–Trinajstić information content (AvgIpc) is 2.75. The van der Waals surface area contributed by atoms with Crippen LogP contribution in [-0.2, 0) is 17.8 Å². The Hall–Kier alpha value is -2.05. The van der Waals surface area contributed by atoms with Crippen LogP contribution in [0.25, 0.3) is 0 Å². The minimum Gasteiger partial charge on any atom is -0.445 e. The third kappa shape index (κ3) is 2.48. The van der Waals surface area contributed by atoms with E-state index in [1.54, 1.807) is 4.90 Å². The van der Waals surface area contributed by atoms with Crippen molar-refractivity contribution in [3.63, 3.8) is 0 Å². The standard InChI is InChI=1S/C13H18N4O3/c14-13(19)15-6-11(18)17-5-4-10-9(7-17)16-12(20-10)8-2-1-3-8/h8H,1-7H2,(H3,14,15,19). The van der Waals surface area contributed by atoms with E-state index in [0.29, 0.717) is 25.4 Å². The van der Waals surface area contributed by atoms with Gasteiger partial charge in [-0.1, -0.05) is 6.42 Å². The molecule has 0 aromatic carbocycles. The van der Waals surface area contributed by atoms with E-state index in [9.17, 15) is 9.59 Å². The van der Waals surface area contributed by atoms with E-state index in [4.69, 9.17) is 10.2 Å².